The molecule has 0 spiro atoms. The number of hydrogen-bond acceptors (Lipinski definition) is 2. The molecule has 2 atom stereocenters. The molecule has 0 bridgehead atoms. The van der Waals surface area contributed by atoms with Gasteiger partial charge in [0.25, 0.3) is 0 Å². The van der Waals surface area contributed by atoms with Crippen molar-refractivity contribution in [2.45, 2.75) is 64.7 Å². The van der Waals surface area contributed by atoms with Crippen LogP contribution in [0.25, 0.3) is 0 Å². The maximum Gasteiger partial charge on any atom is 0.0244 e. The molecule has 1 rings (SSSR count). The summed E-state index contributed by atoms with van der Waals surface area (Å²) in [4.78, 5) is 0. The summed E-state index contributed by atoms with van der Waals surface area (Å²) in [6.07, 6.45) is 5.79. The van der Waals surface area contributed by atoms with E-state index in [-0.39, 0.29) is 0 Å². The Kier molecular flexibility index (Phi) is 4.98. The third kappa shape index (κ3) is 4.36. The van der Waals surface area contributed by atoms with E-state index in [0.29, 0.717) is 16.7 Å². The molecule has 2 unspecified atom stereocenters. The molecule has 0 aromatic heterocycles. The van der Waals surface area contributed by atoms with Gasteiger partial charge in [0.2, 0.25) is 0 Å². The molecule has 15 heavy (non-hydrogen) atoms. The second-order valence-electron chi connectivity index (χ2n) is 6.13. The van der Waals surface area contributed by atoms with E-state index in [0.717, 1.165) is 5.92 Å². The van der Waals surface area contributed by atoms with Gasteiger partial charge < -0.3 is 5.73 Å². The minimum atomic E-state index is 0.302. The predicted molar refractivity (Wildman–Crippen MR) is 71.3 cm³/mol. The van der Waals surface area contributed by atoms with Crippen LogP contribution in [0.2, 0.25) is 0 Å². The standard InChI is InChI=1S/C13H27NS/c1-10(14)12(13(2,3)4)15-9-11-7-5-6-8-11/h10-12H,5-9,14H2,1-4H3. The Morgan fingerprint density at radius 3 is 2.20 bits per heavy atom. The summed E-state index contributed by atoms with van der Waals surface area (Å²) >= 11 is 2.11. The van der Waals surface area contributed by atoms with E-state index >= 15 is 0 Å². The van der Waals surface area contributed by atoms with Gasteiger partial charge in [-0.25, -0.2) is 0 Å². The fraction of sp³-hybridized carbons (Fsp3) is 1.00. The highest BCUT2D eigenvalue weighted by atomic mass is 32.2. The molecule has 0 heterocycles. The number of nitrogens with two attached hydrogens (primary N) is 1. The largest absolute Gasteiger partial charge is 0.327 e. The minimum Gasteiger partial charge on any atom is -0.327 e. The minimum absolute atomic E-state index is 0.302. The van der Waals surface area contributed by atoms with Gasteiger partial charge in [0, 0.05) is 11.3 Å². The number of rotatable bonds is 4. The smallest absolute Gasteiger partial charge is 0.0244 e. The van der Waals surface area contributed by atoms with Crippen molar-refractivity contribution in [1.82, 2.24) is 0 Å². The van der Waals surface area contributed by atoms with Crippen molar-refractivity contribution in [2.75, 3.05) is 5.75 Å². The highest BCUT2D eigenvalue weighted by Gasteiger charge is 2.29. The first-order valence-electron chi connectivity index (χ1n) is 6.28. The van der Waals surface area contributed by atoms with Gasteiger partial charge in [0.1, 0.15) is 0 Å². The summed E-state index contributed by atoms with van der Waals surface area (Å²) < 4.78 is 0. The Balaban J connectivity index is 2.37. The zero-order chi connectivity index (χ0) is 11.5. The van der Waals surface area contributed by atoms with E-state index in [4.69, 9.17) is 5.73 Å². The summed E-state index contributed by atoms with van der Waals surface area (Å²) in [5.74, 6) is 2.29. The Morgan fingerprint density at radius 1 is 1.27 bits per heavy atom. The summed E-state index contributed by atoms with van der Waals surface area (Å²) in [5, 5.41) is 0.595. The fourth-order valence-electron chi connectivity index (χ4n) is 2.61. The lowest BCUT2D eigenvalue weighted by molar-refractivity contribution is 0.363. The molecule has 1 nitrogen and oxygen atoms in total. The summed E-state index contributed by atoms with van der Waals surface area (Å²) in [6.45, 7) is 9.07. The Bertz CT molecular complexity index is 177. The lowest BCUT2D eigenvalue weighted by Crippen LogP contribution is -2.39. The second kappa shape index (κ2) is 5.58. The van der Waals surface area contributed by atoms with Crippen LogP contribution in [0.4, 0.5) is 0 Å². The van der Waals surface area contributed by atoms with Crippen molar-refractivity contribution >= 4 is 11.8 Å². The molecule has 0 saturated heterocycles. The van der Waals surface area contributed by atoms with Crippen molar-refractivity contribution in [3.8, 4) is 0 Å². The van der Waals surface area contributed by atoms with Gasteiger partial charge >= 0.3 is 0 Å². The Hall–Kier alpha value is 0.310. The normalized spacial score (nSPS) is 23.0. The first-order valence-corrected chi connectivity index (χ1v) is 7.33. The lowest BCUT2D eigenvalue weighted by Gasteiger charge is -2.34. The van der Waals surface area contributed by atoms with Crippen LogP contribution in [0, 0.1) is 11.3 Å². The molecule has 2 N–H and O–H groups in total. The molecule has 0 aromatic carbocycles. The van der Waals surface area contributed by atoms with Crippen LogP contribution < -0.4 is 5.73 Å². The molecule has 0 aromatic rings. The molecular formula is C13H27NS. The van der Waals surface area contributed by atoms with Crippen LogP contribution in [-0.4, -0.2) is 17.0 Å². The first kappa shape index (κ1) is 13.4. The monoisotopic (exact) mass is 229 g/mol. The zero-order valence-electron chi connectivity index (χ0n) is 10.8. The zero-order valence-corrected chi connectivity index (χ0v) is 11.6. The van der Waals surface area contributed by atoms with Gasteiger partial charge in [0.15, 0.2) is 0 Å². The van der Waals surface area contributed by atoms with Gasteiger partial charge in [-0.1, -0.05) is 33.6 Å². The molecule has 2 heteroatoms. The molecule has 0 radical (unpaired) electrons. The fourth-order valence-corrected chi connectivity index (χ4v) is 4.22. The third-order valence-electron chi connectivity index (χ3n) is 3.32. The van der Waals surface area contributed by atoms with E-state index < -0.39 is 0 Å². The third-order valence-corrected chi connectivity index (χ3v) is 5.48. The van der Waals surface area contributed by atoms with Crippen molar-refractivity contribution in [3.05, 3.63) is 0 Å². The first-order chi connectivity index (χ1) is 6.91. The topological polar surface area (TPSA) is 26.0 Å². The van der Waals surface area contributed by atoms with Crippen LogP contribution in [0.3, 0.4) is 0 Å². The average Bonchev–Trinajstić information content (AvgIpc) is 2.53. The molecule has 1 aliphatic carbocycles. The molecular weight excluding hydrogens is 202 g/mol. The molecule has 90 valence electrons. The Labute approximate surface area is 99.6 Å². The number of thioether (sulfide) groups is 1. The van der Waals surface area contributed by atoms with Crippen molar-refractivity contribution < 1.29 is 0 Å². The molecule has 1 saturated carbocycles. The average molecular weight is 229 g/mol. The quantitative estimate of drug-likeness (QED) is 0.796. The summed E-state index contributed by atoms with van der Waals surface area (Å²) in [7, 11) is 0. The highest BCUT2D eigenvalue weighted by Crippen LogP contribution is 2.36. The van der Waals surface area contributed by atoms with E-state index in [1.165, 1.54) is 31.4 Å². The molecule has 1 fully saturated rings. The van der Waals surface area contributed by atoms with Gasteiger partial charge in [-0.15, -0.1) is 0 Å². The van der Waals surface area contributed by atoms with Crippen molar-refractivity contribution in [1.29, 1.82) is 0 Å². The highest BCUT2D eigenvalue weighted by molar-refractivity contribution is 8.00. The van der Waals surface area contributed by atoms with Crippen LogP contribution in [0.5, 0.6) is 0 Å². The summed E-state index contributed by atoms with van der Waals surface area (Å²) in [5.41, 5.74) is 6.42. The van der Waals surface area contributed by atoms with E-state index in [9.17, 15) is 0 Å². The lowest BCUT2D eigenvalue weighted by atomic mass is 9.88. The maximum absolute atomic E-state index is 6.09. The van der Waals surface area contributed by atoms with Gasteiger partial charge in [-0.05, 0) is 36.9 Å². The molecule has 0 amide bonds. The maximum atomic E-state index is 6.09. The Morgan fingerprint density at radius 2 is 1.80 bits per heavy atom. The van der Waals surface area contributed by atoms with E-state index in [1.54, 1.807) is 0 Å². The van der Waals surface area contributed by atoms with Crippen molar-refractivity contribution in [3.63, 3.8) is 0 Å². The van der Waals surface area contributed by atoms with Crippen LogP contribution in [-0.2, 0) is 0 Å². The van der Waals surface area contributed by atoms with Gasteiger partial charge in [0.05, 0.1) is 0 Å². The molecule has 1 aliphatic rings. The van der Waals surface area contributed by atoms with E-state index in [2.05, 4.69) is 39.5 Å². The van der Waals surface area contributed by atoms with Crippen LogP contribution in [0.1, 0.15) is 53.4 Å². The van der Waals surface area contributed by atoms with Crippen LogP contribution in [0.15, 0.2) is 0 Å². The summed E-state index contributed by atoms with van der Waals surface area (Å²) in [6, 6.07) is 0.302. The van der Waals surface area contributed by atoms with Gasteiger partial charge in [-0.2, -0.15) is 11.8 Å². The van der Waals surface area contributed by atoms with Crippen molar-refractivity contribution in [2.24, 2.45) is 17.1 Å². The second-order valence-corrected chi connectivity index (χ2v) is 7.30. The SMILES string of the molecule is CC(N)C(SCC1CCCC1)C(C)(C)C. The molecule has 0 aliphatic heterocycles. The van der Waals surface area contributed by atoms with E-state index in [1.807, 2.05) is 0 Å². The van der Waals surface area contributed by atoms with Crippen LogP contribution >= 0.6 is 11.8 Å². The number of hydrogen-bond donors (Lipinski definition) is 1. The predicted octanol–water partition coefficient (Wildman–Crippen LogP) is 3.67. The van der Waals surface area contributed by atoms with Gasteiger partial charge in [-0.3, -0.25) is 0 Å².